The molecule has 1 aliphatic heterocycles. The zero-order chi connectivity index (χ0) is 12.5. The molecule has 2 aromatic rings. The molecule has 6 heteroatoms. The lowest BCUT2D eigenvalue weighted by Crippen LogP contribution is -2.39. The van der Waals surface area contributed by atoms with Crippen LogP contribution < -0.4 is 5.01 Å². The first kappa shape index (κ1) is 11.0. The van der Waals surface area contributed by atoms with Crippen molar-refractivity contribution in [3.63, 3.8) is 0 Å². The molecular formula is C12H14N4O2. The molecule has 2 heterocycles. The molecule has 1 aliphatic rings. The number of benzene rings is 1. The van der Waals surface area contributed by atoms with Crippen molar-refractivity contribution >= 4 is 17.0 Å². The molecule has 0 amide bonds. The van der Waals surface area contributed by atoms with Gasteiger partial charge in [0.25, 0.3) is 0 Å². The minimum absolute atomic E-state index is 0.204. The fourth-order valence-electron chi connectivity index (χ4n) is 2.38. The van der Waals surface area contributed by atoms with E-state index in [0.717, 1.165) is 31.4 Å². The van der Waals surface area contributed by atoms with E-state index >= 15 is 0 Å². The van der Waals surface area contributed by atoms with Crippen molar-refractivity contribution in [3.8, 4) is 0 Å². The third-order valence-electron chi connectivity index (χ3n) is 3.29. The van der Waals surface area contributed by atoms with E-state index in [2.05, 4.69) is 15.3 Å². The van der Waals surface area contributed by atoms with E-state index in [1.54, 1.807) is 16.9 Å². The fourth-order valence-corrected chi connectivity index (χ4v) is 2.38. The van der Waals surface area contributed by atoms with Gasteiger partial charge in [-0.25, -0.2) is 4.79 Å². The zero-order valence-electron chi connectivity index (χ0n) is 9.91. The molecule has 0 atom stereocenters. The van der Waals surface area contributed by atoms with E-state index < -0.39 is 5.97 Å². The van der Waals surface area contributed by atoms with Gasteiger partial charge in [0.1, 0.15) is 11.0 Å². The maximum Gasteiger partial charge on any atom is 0.338 e. The van der Waals surface area contributed by atoms with Crippen LogP contribution in [0.3, 0.4) is 0 Å². The van der Waals surface area contributed by atoms with Gasteiger partial charge >= 0.3 is 5.97 Å². The number of aromatic nitrogens is 3. The van der Waals surface area contributed by atoms with E-state index in [1.807, 2.05) is 6.07 Å². The maximum atomic E-state index is 11.1. The Hall–Kier alpha value is -2.11. The third-order valence-corrected chi connectivity index (χ3v) is 3.29. The van der Waals surface area contributed by atoms with Crippen LogP contribution in [0.25, 0.3) is 11.0 Å². The van der Waals surface area contributed by atoms with Crippen LogP contribution in [-0.2, 0) is 0 Å². The molecule has 0 spiro atoms. The zero-order valence-corrected chi connectivity index (χ0v) is 9.91. The molecule has 6 nitrogen and oxygen atoms in total. The van der Waals surface area contributed by atoms with Crippen LogP contribution in [0, 0.1) is 0 Å². The second-order valence-electron chi connectivity index (χ2n) is 4.47. The quantitative estimate of drug-likeness (QED) is 0.863. The number of aromatic carboxylic acids is 1. The first-order chi connectivity index (χ1) is 8.77. The molecule has 0 radical (unpaired) electrons. The molecule has 1 N–H and O–H groups in total. The van der Waals surface area contributed by atoms with Crippen molar-refractivity contribution in [2.45, 2.75) is 19.3 Å². The second kappa shape index (κ2) is 4.29. The van der Waals surface area contributed by atoms with Gasteiger partial charge in [-0.1, -0.05) is 6.07 Å². The van der Waals surface area contributed by atoms with Gasteiger partial charge in [-0.2, -0.15) is 4.79 Å². The molecule has 1 aromatic heterocycles. The van der Waals surface area contributed by atoms with Crippen LogP contribution in [0.15, 0.2) is 18.2 Å². The van der Waals surface area contributed by atoms with E-state index in [4.69, 9.17) is 5.11 Å². The van der Waals surface area contributed by atoms with Crippen LogP contribution in [-0.4, -0.2) is 39.3 Å². The summed E-state index contributed by atoms with van der Waals surface area (Å²) in [6.45, 7) is 1.88. The Balaban J connectivity index is 2.08. The topological polar surface area (TPSA) is 71.2 Å². The summed E-state index contributed by atoms with van der Waals surface area (Å²) in [4.78, 5) is 12.8. The maximum absolute atomic E-state index is 11.1. The summed E-state index contributed by atoms with van der Waals surface area (Å²) in [5, 5.41) is 19.3. The van der Waals surface area contributed by atoms with Gasteiger partial charge in [0, 0.05) is 13.1 Å². The Morgan fingerprint density at radius 3 is 2.72 bits per heavy atom. The van der Waals surface area contributed by atoms with Gasteiger partial charge in [0.2, 0.25) is 0 Å². The summed E-state index contributed by atoms with van der Waals surface area (Å²) in [5.41, 5.74) is 1.42. The number of nitrogens with zero attached hydrogens (tertiary/aromatic N) is 4. The number of hydrogen-bond donors (Lipinski definition) is 1. The summed E-state index contributed by atoms with van der Waals surface area (Å²) in [7, 11) is 0. The van der Waals surface area contributed by atoms with Crippen molar-refractivity contribution in [2.75, 3.05) is 18.1 Å². The Morgan fingerprint density at radius 1 is 1.22 bits per heavy atom. The third kappa shape index (κ3) is 1.70. The number of hydrogen-bond acceptors (Lipinski definition) is 4. The average molecular weight is 246 g/mol. The van der Waals surface area contributed by atoms with Gasteiger partial charge in [-0.15, -0.1) is 5.10 Å². The summed E-state index contributed by atoms with van der Waals surface area (Å²) in [6.07, 6.45) is 3.52. The highest BCUT2D eigenvalue weighted by molar-refractivity contribution is 6.00. The van der Waals surface area contributed by atoms with Crippen molar-refractivity contribution in [2.24, 2.45) is 0 Å². The van der Waals surface area contributed by atoms with Crippen LogP contribution in [0.5, 0.6) is 0 Å². The minimum atomic E-state index is -0.966. The van der Waals surface area contributed by atoms with Crippen LogP contribution in [0.4, 0.5) is 0 Å². The van der Waals surface area contributed by atoms with Crippen LogP contribution >= 0.6 is 0 Å². The summed E-state index contributed by atoms with van der Waals surface area (Å²) in [6, 6.07) is 5.14. The number of carboxylic acid groups (broad SMARTS) is 1. The van der Waals surface area contributed by atoms with Crippen molar-refractivity contribution in [3.05, 3.63) is 23.8 Å². The first-order valence-electron chi connectivity index (χ1n) is 6.10. The van der Waals surface area contributed by atoms with Gasteiger partial charge in [-0.3, -0.25) is 5.01 Å². The molecule has 3 rings (SSSR count). The highest BCUT2D eigenvalue weighted by atomic mass is 16.4. The lowest BCUT2D eigenvalue weighted by atomic mass is 10.1. The van der Waals surface area contributed by atoms with Gasteiger partial charge in [0.05, 0.1) is 5.56 Å². The first-order valence-corrected chi connectivity index (χ1v) is 6.10. The van der Waals surface area contributed by atoms with Gasteiger partial charge in [-0.05, 0) is 36.6 Å². The summed E-state index contributed by atoms with van der Waals surface area (Å²) >= 11 is 0. The van der Waals surface area contributed by atoms with Crippen LogP contribution in [0.2, 0.25) is 0 Å². The second-order valence-corrected chi connectivity index (χ2v) is 4.47. The average Bonchev–Trinajstić information content (AvgIpc) is 2.83. The van der Waals surface area contributed by atoms with Gasteiger partial charge < -0.3 is 5.11 Å². The Kier molecular flexibility index (Phi) is 2.62. The number of carboxylic acids is 1. The number of rotatable bonds is 2. The molecule has 0 unspecified atom stereocenters. The predicted molar refractivity (Wildman–Crippen MR) is 66.3 cm³/mol. The Labute approximate surface area is 104 Å². The normalized spacial score (nSPS) is 16.1. The lowest BCUT2D eigenvalue weighted by molar-refractivity contribution is 0.0699. The smallest absolute Gasteiger partial charge is 0.338 e. The monoisotopic (exact) mass is 246 g/mol. The molecule has 94 valence electrons. The van der Waals surface area contributed by atoms with Crippen molar-refractivity contribution in [1.29, 1.82) is 0 Å². The number of piperidine rings is 1. The summed E-state index contributed by atoms with van der Waals surface area (Å²) < 4.78 is 0. The highest BCUT2D eigenvalue weighted by Gasteiger charge is 2.18. The number of carbonyl (C=O) groups is 1. The van der Waals surface area contributed by atoms with Crippen LogP contribution in [0.1, 0.15) is 29.6 Å². The summed E-state index contributed by atoms with van der Waals surface area (Å²) in [5.74, 6) is -0.966. The molecule has 0 bridgehead atoms. The highest BCUT2D eigenvalue weighted by Crippen LogP contribution is 2.18. The van der Waals surface area contributed by atoms with E-state index in [-0.39, 0.29) is 5.56 Å². The SMILES string of the molecule is O=C(O)c1cccc2c1nnn2N1CCCCC1. The number of fused-ring (bicyclic) bond motifs is 1. The molecular weight excluding hydrogens is 232 g/mol. The Bertz CT molecular complexity index is 587. The molecule has 1 aromatic carbocycles. The van der Waals surface area contributed by atoms with Crippen molar-refractivity contribution in [1.82, 2.24) is 15.1 Å². The fraction of sp³-hybridized carbons (Fsp3) is 0.417. The Morgan fingerprint density at radius 2 is 2.00 bits per heavy atom. The largest absolute Gasteiger partial charge is 0.478 e. The van der Waals surface area contributed by atoms with Gasteiger partial charge in [0.15, 0.2) is 0 Å². The molecule has 1 saturated heterocycles. The van der Waals surface area contributed by atoms with E-state index in [0.29, 0.717) is 5.52 Å². The van der Waals surface area contributed by atoms with Crippen molar-refractivity contribution < 1.29 is 9.90 Å². The molecule has 18 heavy (non-hydrogen) atoms. The molecule has 0 aliphatic carbocycles. The lowest BCUT2D eigenvalue weighted by Gasteiger charge is -2.28. The molecule has 0 saturated carbocycles. The minimum Gasteiger partial charge on any atom is -0.478 e. The standard InChI is InChI=1S/C12H14N4O2/c17-12(18)9-5-4-6-10-11(9)13-14-16(10)15-7-2-1-3-8-15/h4-6H,1-3,7-8H2,(H,17,18). The predicted octanol–water partition coefficient (Wildman–Crippen LogP) is 1.25. The van der Waals surface area contributed by atoms with E-state index in [9.17, 15) is 4.79 Å². The molecule has 1 fully saturated rings. The van der Waals surface area contributed by atoms with E-state index in [1.165, 1.54) is 6.42 Å².